The third-order valence-corrected chi connectivity index (χ3v) is 9.07. The zero-order chi connectivity index (χ0) is 30.9. The highest BCUT2D eigenvalue weighted by molar-refractivity contribution is 6.30. The van der Waals surface area contributed by atoms with Crippen molar-refractivity contribution in [2.75, 3.05) is 19.7 Å². The van der Waals surface area contributed by atoms with Crippen LogP contribution in [0.3, 0.4) is 0 Å². The van der Waals surface area contributed by atoms with E-state index in [0.717, 1.165) is 61.2 Å². The van der Waals surface area contributed by atoms with Crippen LogP contribution in [0.1, 0.15) is 73.4 Å². The van der Waals surface area contributed by atoms with Crippen molar-refractivity contribution >= 4 is 23.6 Å². The second-order valence-corrected chi connectivity index (χ2v) is 12.5. The molecule has 1 aliphatic carbocycles. The lowest BCUT2D eigenvalue weighted by Crippen LogP contribution is -2.34. The first-order valence-corrected chi connectivity index (χ1v) is 15.5. The van der Waals surface area contributed by atoms with Crippen molar-refractivity contribution in [3.8, 4) is 17.6 Å². The fourth-order valence-electron chi connectivity index (χ4n) is 6.19. The van der Waals surface area contributed by atoms with Gasteiger partial charge in [-0.25, -0.2) is 9.18 Å². The third kappa shape index (κ3) is 6.31. The number of halogens is 2. The second kappa shape index (κ2) is 12.2. The van der Waals surface area contributed by atoms with E-state index in [9.17, 15) is 14.4 Å². The van der Waals surface area contributed by atoms with E-state index in [1.165, 1.54) is 12.1 Å². The van der Waals surface area contributed by atoms with Gasteiger partial charge in [0.1, 0.15) is 5.82 Å². The van der Waals surface area contributed by atoms with E-state index >= 15 is 0 Å². The highest BCUT2D eigenvalue weighted by atomic mass is 35.5. The number of rotatable bonds is 9. The molecule has 9 heteroatoms. The van der Waals surface area contributed by atoms with Crippen LogP contribution in [0.15, 0.2) is 54.7 Å². The molecule has 3 aromatic rings. The van der Waals surface area contributed by atoms with Gasteiger partial charge in [-0.15, -0.1) is 0 Å². The molecule has 44 heavy (non-hydrogen) atoms. The molecule has 0 bridgehead atoms. The maximum Gasteiger partial charge on any atom is 0.330 e. The number of para-hydroxylation sites is 1. The number of ether oxygens (including phenoxy) is 3. The monoisotopic (exact) mass is 615 g/mol. The highest BCUT2D eigenvalue weighted by Gasteiger charge is 2.44. The first kappa shape index (κ1) is 30.1. The van der Waals surface area contributed by atoms with Crippen molar-refractivity contribution in [1.29, 1.82) is 5.26 Å². The minimum Gasteiger partial charge on any atom is -0.463 e. The van der Waals surface area contributed by atoms with E-state index in [1.807, 2.05) is 18.2 Å². The minimum absolute atomic E-state index is 0.262. The van der Waals surface area contributed by atoms with E-state index in [1.54, 1.807) is 38.3 Å². The number of pyridine rings is 1. The van der Waals surface area contributed by atoms with Crippen LogP contribution in [-0.2, 0) is 28.3 Å². The number of nitriles is 1. The lowest BCUT2D eigenvalue weighted by Gasteiger charge is -2.33. The average molecular weight is 616 g/mol. The van der Waals surface area contributed by atoms with Crippen LogP contribution in [0.5, 0.6) is 11.5 Å². The molecule has 0 radical (unpaired) electrons. The first-order chi connectivity index (χ1) is 21.2. The van der Waals surface area contributed by atoms with Gasteiger partial charge in [0.2, 0.25) is 0 Å². The molecule has 3 heterocycles. The molecule has 6 rings (SSSR count). The summed E-state index contributed by atoms with van der Waals surface area (Å²) in [6, 6.07) is 15.0. The Balaban J connectivity index is 1.14. The molecule has 1 saturated heterocycles. The molecule has 0 amide bonds. The summed E-state index contributed by atoms with van der Waals surface area (Å²) in [4.78, 5) is 19.0. The van der Waals surface area contributed by atoms with Gasteiger partial charge in [-0.05, 0) is 106 Å². The van der Waals surface area contributed by atoms with Crippen LogP contribution < -0.4 is 9.47 Å². The third-order valence-electron chi connectivity index (χ3n) is 8.83. The Labute approximate surface area is 262 Å². The van der Waals surface area contributed by atoms with Gasteiger partial charge in [0.25, 0.3) is 5.79 Å². The lowest BCUT2D eigenvalue weighted by molar-refractivity contribution is -0.137. The quantitative estimate of drug-likeness (QED) is 0.184. The van der Waals surface area contributed by atoms with Crippen molar-refractivity contribution in [3.63, 3.8) is 0 Å². The Morgan fingerprint density at radius 1 is 1.23 bits per heavy atom. The van der Waals surface area contributed by atoms with Crippen molar-refractivity contribution in [2.24, 2.45) is 5.41 Å². The predicted molar refractivity (Wildman–Crippen MR) is 165 cm³/mol. The van der Waals surface area contributed by atoms with E-state index in [0.29, 0.717) is 41.7 Å². The molecule has 0 N–H and O–H groups in total. The van der Waals surface area contributed by atoms with Gasteiger partial charge in [0, 0.05) is 36.3 Å². The molecule has 1 atom stereocenters. The number of hydrogen-bond acceptors (Lipinski definition) is 7. The predicted octanol–water partition coefficient (Wildman–Crippen LogP) is 7.32. The Morgan fingerprint density at radius 2 is 2.02 bits per heavy atom. The largest absolute Gasteiger partial charge is 0.463 e. The average Bonchev–Trinajstić information content (AvgIpc) is 3.69. The molecular weight excluding hydrogens is 581 g/mol. The van der Waals surface area contributed by atoms with Gasteiger partial charge < -0.3 is 14.2 Å². The summed E-state index contributed by atoms with van der Waals surface area (Å²) in [5.41, 5.74) is 3.89. The van der Waals surface area contributed by atoms with E-state index in [2.05, 4.69) is 17.0 Å². The van der Waals surface area contributed by atoms with Gasteiger partial charge in [-0.3, -0.25) is 9.88 Å². The Morgan fingerprint density at radius 3 is 2.73 bits per heavy atom. The number of likely N-dealkylation sites (tertiary alicyclic amines) is 1. The number of nitrogens with zero attached hydrogens (tertiary/aromatic N) is 3. The lowest BCUT2D eigenvalue weighted by atomic mass is 9.88. The summed E-state index contributed by atoms with van der Waals surface area (Å²) in [6.45, 7) is 6.25. The minimum atomic E-state index is -1.28. The zero-order valence-corrected chi connectivity index (χ0v) is 25.7. The number of esters is 1. The second-order valence-electron chi connectivity index (χ2n) is 12.0. The number of benzene rings is 2. The Hall–Kier alpha value is -3.93. The summed E-state index contributed by atoms with van der Waals surface area (Å²) in [5, 5.41) is 10.1. The molecule has 2 aromatic carbocycles. The summed E-state index contributed by atoms with van der Waals surface area (Å²) in [7, 11) is 0. The van der Waals surface area contributed by atoms with Crippen LogP contribution in [0.25, 0.3) is 6.08 Å². The molecule has 0 spiro atoms. The number of fused-ring (bicyclic) bond motifs is 1. The molecule has 3 aliphatic rings. The summed E-state index contributed by atoms with van der Waals surface area (Å²) in [6.07, 6.45) is 9.19. The fourth-order valence-corrected chi connectivity index (χ4v) is 6.35. The fraction of sp³-hybridized carbons (Fsp3) is 0.400. The summed E-state index contributed by atoms with van der Waals surface area (Å²) < 4.78 is 32.4. The number of aromatic nitrogens is 1. The van der Waals surface area contributed by atoms with Crippen molar-refractivity contribution in [2.45, 2.75) is 64.2 Å². The molecule has 1 aromatic heterocycles. The molecular formula is C35H35ClFN3O4. The SMILES string of the molecule is CCOC(=O)/C=C/c1cnc(CN2CCC(c3cccc4c3O[C@@](C)(c3ccc(Cl)cc3F)O4)CC2)c(CC2(C#N)CC2)c1. The number of carbonyl (C=O) groups excluding carboxylic acids is 1. The van der Waals surface area contributed by atoms with E-state index < -0.39 is 11.6 Å². The zero-order valence-electron chi connectivity index (χ0n) is 24.9. The van der Waals surface area contributed by atoms with Gasteiger partial charge in [0.05, 0.1) is 29.3 Å². The van der Waals surface area contributed by atoms with E-state index in [-0.39, 0.29) is 17.3 Å². The Bertz CT molecular complexity index is 1640. The van der Waals surface area contributed by atoms with Crippen LogP contribution in [0.4, 0.5) is 4.39 Å². The van der Waals surface area contributed by atoms with Gasteiger partial charge in [-0.1, -0.05) is 23.7 Å². The van der Waals surface area contributed by atoms with E-state index in [4.69, 9.17) is 30.8 Å². The van der Waals surface area contributed by atoms with Crippen LogP contribution in [0.2, 0.25) is 5.02 Å². The summed E-state index contributed by atoms with van der Waals surface area (Å²) in [5.74, 6) is -0.599. The maximum atomic E-state index is 14.8. The normalized spacial score (nSPS) is 20.9. The van der Waals surface area contributed by atoms with Crippen molar-refractivity contribution in [3.05, 3.63) is 93.5 Å². The van der Waals surface area contributed by atoms with Crippen LogP contribution >= 0.6 is 11.6 Å². The Kier molecular flexibility index (Phi) is 8.36. The highest BCUT2D eigenvalue weighted by Crippen LogP contribution is 2.50. The number of carbonyl (C=O) groups is 1. The molecule has 1 saturated carbocycles. The standard InChI is InChI=1S/C35H35ClFN3O4/c1-3-42-32(41)10-7-23-17-25(19-35(22-38)13-14-35)30(39-20-23)21-40-15-11-24(12-16-40)27-5-4-6-31-33(27)44-34(2,43-31)28-9-8-26(36)18-29(28)37/h4-10,17-18,20,24H,3,11-16,19,21H2,1-2H3/b10-7+/t34-/m0/s1. The maximum absolute atomic E-state index is 14.8. The van der Waals surface area contributed by atoms with Gasteiger partial charge in [0.15, 0.2) is 11.5 Å². The van der Waals surface area contributed by atoms with Crippen molar-refractivity contribution in [1.82, 2.24) is 9.88 Å². The van der Waals surface area contributed by atoms with Crippen LogP contribution in [-0.4, -0.2) is 35.5 Å². The molecule has 0 unspecified atom stereocenters. The van der Waals surface area contributed by atoms with Crippen LogP contribution in [0, 0.1) is 22.6 Å². The topological polar surface area (TPSA) is 84.7 Å². The molecule has 228 valence electrons. The molecule has 7 nitrogen and oxygen atoms in total. The molecule has 2 fully saturated rings. The van der Waals surface area contributed by atoms with Gasteiger partial charge in [-0.2, -0.15) is 5.26 Å². The number of hydrogen-bond donors (Lipinski definition) is 0. The van der Waals surface area contributed by atoms with Crippen molar-refractivity contribution < 1.29 is 23.4 Å². The van der Waals surface area contributed by atoms with Gasteiger partial charge >= 0.3 is 5.97 Å². The summed E-state index contributed by atoms with van der Waals surface area (Å²) >= 11 is 5.97. The smallest absolute Gasteiger partial charge is 0.330 e. The molecule has 2 aliphatic heterocycles. The first-order valence-electron chi connectivity index (χ1n) is 15.1. The number of piperidine rings is 1.